The molecule has 0 saturated carbocycles. The zero-order chi connectivity index (χ0) is 3.41. The van der Waals surface area contributed by atoms with Crippen LogP contribution in [-0.4, -0.2) is 6.54 Å². The van der Waals surface area contributed by atoms with E-state index in [9.17, 15) is 0 Å². The van der Waals surface area contributed by atoms with E-state index in [2.05, 4.69) is 6.58 Å². The normalized spacial score (nSPS) is 5.00. The Labute approximate surface area is 42.7 Å². The number of hydrogen-bond acceptors (Lipinski definition) is 0. The fourth-order valence-electron chi connectivity index (χ4n) is 0. The molecule has 5 heavy (non-hydrogen) atoms. The maximum atomic E-state index is 6.33. The summed E-state index contributed by atoms with van der Waals surface area (Å²) in [5.74, 6) is 0. The molecule has 0 aromatic carbocycles. The molecule has 1 N–H and O–H groups in total. The second-order valence-electron chi connectivity index (χ2n) is 0.493. The van der Waals surface area contributed by atoms with E-state index in [0.29, 0.717) is 6.54 Å². The number of rotatable bonds is 1. The topological polar surface area (TPSA) is 23.8 Å². The molecule has 0 aliphatic rings. The van der Waals surface area contributed by atoms with Gasteiger partial charge in [0.05, 0.1) is 0 Å². The number of nitrogens with one attached hydrogen (secondary N) is 1. The summed E-state index contributed by atoms with van der Waals surface area (Å²) in [5, 5.41) is 0. The largest absolute Gasteiger partial charge is 1.00 e. The molecular weight excluding hydrogens is 114 g/mol. The van der Waals surface area contributed by atoms with Crippen LogP contribution in [0.4, 0.5) is 0 Å². The molecule has 0 atom stereocenters. The van der Waals surface area contributed by atoms with Crippen LogP contribution in [0.2, 0.25) is 0 Å². The van der Waals surface area contributed by atoms with Gasteiger partial charge in [-0.3, -0.25) is 0 Å². The summed E-state index contributed by atoms with van der Waals surface area (Å²) in [4.78, 5) is 0. The zero-order valence-electron chi connectivity index (χ0n) is 2.79. The predicted octanol–water partition coefficient (Wildman–Crippen LogP) is 1.22. The maximum absolute atomic E-state index is 6.33. The van der Waals surface area contributed by atoms with E-state index in [1.807, 2.05) is 0 Å². The van der Waals surface area contributed by atoms with Crippen molar-refractivity contribution < 1.29 is 17.1 Å². The average molecular weight is 120 g/mol. The molecule has 0 heterocycles. The summed E-state index contributed by atoms with van der Waals surface area (Å²) in [7, 11) is 0. The monoisotopic (exact) mass is 119 g/mol. The van der Waals surface area contributed by atoms with Crippen molar-refractivity contribution >= 4 is 0 Å². The summed E-state index contributed by atoms with van der Waals surface area (Å²) in [5.41, 5.74) is 6.33. The van der Waals surface area contributed by atoms with Gasteiger partial charge in [0.15, 0.2) is 0 Å². The molecule has 0 fully saturated rings. The Morgan fingerprint density at radius 3 is 2.00 bits per heavy atom. The van der Waals surface area contributed by atoms with Gasteiger partial charge in [-0.1, -0.05) is 0 Å². The first-order valence-corrected chi connectivity index (χ1v) is 1.17. The van der Waals surface area contributed by atoms with Gasteiger partial charge in [0, 0.05) is 0 Å². The molecular formula is C3H6CuN. The molecule has 0 unspecified atom stereocenters. The molecule has 0 radical (unpaired) electrons. The predicted molar refractivity (Wildman–Crippen MR) is 19.4 cm³/mol. The third-order valence-corrected chi connectivity index (χ3v) is 0.144. The summed E-state index contributed by atoms with van der Waals surface area (Å²) < 4.78 is 0. The minimum atomic E-state index is 0. The Morgan fingerprint density at radius 2 is 2.00 bits per heavy atom. The second kappa shape index (κ2) is 8.88. The van der Waals surface area contributed by atoms with Crippen molar-refractivity contribution in [2.75, 3.05) is 6.54 Å². The quantitative estimate of drug-likeness (QED) is 0.366. The number of hydrogen-bond donors (Lipinski definition) is 0. The fraction of sp³-hybridized carbons (Fsp3) is 0.333. The minimum Gasteiger partial charge on any atom is -0.674 e. The molecule has 0 aromatic heterocycles. The van der Waals surface area contributed by atoms with Crippen LogP contribution in [0.25, 0.3) is 5.73 Å². The summed E-state index contributed by atoms with van der Waals surface area (Å²) in [6.07, 6.45) is 1.54. The van der Waals surface area contributed by atoms with Gasteiger partial charge in [-0.2, -0.15) is 0 Å². The molecule has 2 heteroatoms. The van der Waals surface area contributed by atoms with E-state index in [0.717, 1.165) is 0 Å². The average Bonchev–Trinajstić information content (AvgIpc) is 1.37. The van der Waals surface area contributed by atoms with Crippen molar-refractivity contribution in [1.82, 2.24) is 0 Å². The first-order chi connectivity index (χ1) is 1.91. The van der Waals surface area contributed by atoms with Crippen LogP contribution in [0, 0.1) is 0 Å². The molecule has 0 aliphatic carbocycles. The second-order valence-corrected chi connectivity index (χ2v) is 0.493. The molecule has 0 bridgehead atoms. The van der Waals surface area contributed by atoms with Crippen LogP contribution in [0.1, 0.15) is 0 Å². The maximum Gasteiger partial charge on any atom is 1.00 e. The van der Waals surface area contributed by atoms with Gasteiger partial charge in [-0.05, 0) is 0 Å². The third kappa shape index (κ3) is 14.0. The summed E-state index contributed by atoms with van der Waals surface area (Å²) in [6.45, 7) is 3.62. The Morgan fingerprint density at radius 1 is 1.80 bits per heavy atom. The zero-order valence-corrected chi connectivity index (χ0v) is 3.73. The molecule has 0 saturated heterocycles. The van der Waals surface area contributed by atoms with Crippen molar-refractivity contribution in [3.8, 4) is 0 Å². The molecule has 0 aliphatic heterocycles. The SMILES string of the molecule is C=CC[NH-].[Cu+]. The van der Waals surface area contributed by atoms with Crippen molar-refractivity contribution in [3.05, 3.63) is 18.4 Å². The van der Waals surface area contributed by atoms with E-state index in [1.54, 1.807) is 6.08 Å². The van der Waals surface area contributed by atoms with E-state index in [1.165, 1.54) is 0 Å². The van der Waals surface area contributed by atoms with Gasteiger partial charge in [0.2, 0.25) is 0 Å². The van der Waals surface area contributed by atoms with Crippen LogP contribution >= 0.6 is 0 Å². The molecule has 0 spiro atoms. The fourth-order valence-corrected chi connectivity index (χ4v) is 0. The van der Waals surface area contributed by atoms with Crippen molar-refractivity contribution in [1.29, 1.82) is 0 Å². The van der Waals surface area contributed by atoms with E-state index in [4.69, 9.17) is 5.73 Å². The van der Waals surface area contributed by atoms with Gasteiger partial charge in [-0.25, -0.2) is 0 Å². The molecule has 0 aromatic rings. The van der Waals surface area contributed by atoms with Crippen molar-refractivity contribution in [2.45, 2.75) is 0 Å². The van der Waals surface area contributed by atoms with Crippen LogP contribution in [-0.2, 0) is 17.1 Å². The van der Waals surface area contributed by atoms with Gasteiger partial charge >= 0.3 is 17.1 Å². The molecule has 1 nitrogen and oxygen atoms in total. The van der Waals surface area contributed by atoms with Crippen molar-refractivity contribution in [3.63, 3.8) is 0 Å². The standard InChI is InChI=1S/C3H6N.Cu/c1-2-3-4;/h2,4H,1,3H2;/q-1;+1. The van der Waals surface area contributed by atoms with Crippen LogP contribution in [0.5, 0.6) is 0 Å². The Hall–Kier alpha value is 0.219. The molecule has 34 valence electrons. The van der Waals surface area contributed by atoms with E-state index < -0.39 is 0 Å². The first kappa shape index (κ1) is 8.97. The van der Waals surface area contributed by atoms with Crippen LogP contribution in [0.15, 0.2) is 12.7 Å². The smallest absolute Gasteiger partial charge is 0.674 e. The Bertz CT molecular complexity index is 20.9. The minimum absolute atomic E-state index is 0. The van der Waals surface area contributed by atoms with Crippen molar-refractivity contribution in [2.24, 2.45) is 0 Å². The first-order valence-electron chi connectivity index (χ1n) is 1.17. The van der Waals surface area contributed by atoms with Gasteiger partial charge in [-0.15, -0.1) is 19.2 Å². The molecule has 0 rings (SSSR count). The van der Waals surface area contributed by atoms with E-state index >= 15 is 0 Å². The third-order valence-electron chi connectivity index (χ3n) is 0.144. The Kier molecular flexibility index (Phi) is 15.9. The van der Waals surface area contributed by atoms with Crippen LogP contribution in [0.3, 0.4) is 0 Å². The van der Waals surface area contributed by atoms with Gasteiger partial charge < -0.3 is 5.73 Å². The van der Waals surface area contributed by atoms with Gasteiger partial charge in [0.25, 0.3) is 0 Å². The summed E-state index contributed by atoms with van der Waals surface area (Å²) >= 11 is 0. The van der Waals surface area contributed by atoms with Gasteiger partial charge in [0.1, 0.15) is 0 Å². The molecule has 0 amide bonds. The van der Waals surface area contributed by atoms with E-state index in [-0.39, 0.29) is 17.1 Å². The van der Waals surface area contributed by atoms with Crippen LogP contribution < -0.4 is 0 Å². The summed E-state index contributed by atoms with van der Waals surface area (Å²) in [6, 6.07) is 0. The Balaban J connectivity index is 0.